The van der Waals surface area contributed by atoms with Crippen molar-refractivity contribution in [3.05, 3.63) is 53.1 Å². The van der Waals surface area contributed by atoms with Crippen molar-refractivity contribution in [2.24, 2.45) is 0 Å². The Morgan fingerprint density at radius 1 is 1.09 bits per heavy atom. The molecule has 1 aromatic heterocycles. The minimum atomic E-state index is -0.0677. The lowest BCUT2D eigenvalue weighted by atomic mass is 10.1. The van der Waals surface area contributed by atoms with Gasteiger partial charge in [-0.2, -0.15) is 0 Å². The molecule has 6 nitrogen and oxygen atoms in total. The Morgan fingerprint density at radius 3 is 2.53 bits per heavy atom. The van der Waals surface area contributed by atoms with Crippen molar-refractivity contribution in [1.29, 1.82) is 0 Å². The van der Waals surface area contributed by atoms with Crippen molar-refractivity contribution in [3.8, 4) is 5.75 Å². The SMILES string of the molecule is Cc1ccc(OCC(=O)N(CCCN2CCOCC2)c2nc3c(C)ccc(C)c3s2)cc1. The third kappa shape index (κ3) is 5.46. The fraction of sp³-hybridized carbons (Fsp3) is 0.440. The van der Waals surface area contributed by atoms with E-state index in [1.165, 1.54) is 5.56 Å². The summed E-state index contributed by atoms with van der Waals surface area (Å²) in [6.07, 6.45) is 0.879. The first kappa shape index (κ1) is 22.7. The van der Waals surface area contributed by atoms with Crippen LogP contribution in [-0.2, 0) is 9.53 Å². The van der Waals surface area contributed by atoms with Crippen molar-refractivity contribution < 1.29 is 14.3 Å². The molecule has 0 unspecified atom stereocenters. The summed E-state index contributed by atoms with van der Waals surface area (Å²) < 4.78 is 12.4. The topological polar surface area (TPSA) is 54.9 Å². The van der Waals surface area contributed by atoms with E-state index in [4.69, 9.17) is 14.5 Å². The summed E-state index contributed by atoms with van der Waals surface area (Å²) >= 11 is 1.59. The highest BCUT2D eigenvalue weighted by Gasteiger charge is 2.22. The number of thiazole rings is 1. The van der Waals surface area contributed by atoms with Gasteiger partial charge in [0.15, 0.2) is 11.7 Å². The quantitative estimate of drug-likeness (QED) is 0.507. The van der Waals surface area contributed by atoms with Gasteiger partial charge >= 0.3 is 0 Å². The zero-order chi connectivity index (χ0) is 22.5. The van der Waals surface area contributed by atoms with Gasteiger partial charge in [0, 0.05) is 26.2 Å². The molecule has 0 bridgehead atoms. The van der Waals surface area contributed by atoms with Crippen molar-refractivity contribution >= 4 is 32.6 Å². The number of carbonyl (C=O) groups excluding carboxylic acids is 1. The molecule has 4 rings (SSSR count). The zero-order valence-electron chi connectivity index (χ0n) is 19.1. The zero-order valence-corrected chi connectivity index (χ0v) is 19.9. The molecule has 0 spiro atoms. The van der Waals surface area contributed by atoms with Gasteiger partial charge in [-0.15, -0.1) is 0 Å². The Morgan fingerprint density at radius 2 is 1.81 bits per heavy atom. The Bertz CT molecular complexity index is 1020. The summed E-state index contributed by atoms with van der Waals surface area (Å²) in [6.45, 7) is 11.2. The third-order valence-electron chi connectivity index (χ3n) is 5.81. The number of hydrogen-bond acceptors (Lipinski definition) is 6. The largest absolute Gasteiger partial charge is 0.484 e. The maximum Gasteiger partial charge on any atom is 0.266 e. The first-order valence-corrected chi connectivity index (χ1v) is 12.0. The number of ether oxygens (including phenoxy) is 2. The number of nitrogens with zero attached hydrogens (tertiary/aromatic N) is 3. The molecule has 0 atom stereocenters. The van der Waals surface area contributed by atoms with Crippen LogP contribution in [0.5, 0.6) is 5.75 Å². The second kappa shape index (κ2) is 10.4. The molecular weight excluding hydrogens is 422 g/mol. The Labute approximate surface area is 193 Å². The molecule has 1 fully saturated rings. The maximum absolute atomic E-state index is 13.2. The average Bonchev–Trinajstić information content (AvgIpc) is 3.26. The minimum Gasteiger partial charge on any atom is -0.484 e. The van der Waals surface area contributed by atoms with Crippen LogP contribution < -0.4 is 9.64 Å². The number of benzene rings is 2. The van der Waals surface area contributed by atoms with Gasteiger partial charge < -0.3 is 9.47 Å². The van der Waals surface area contributed by atoms with Crippen molar-refractivity contribution in [3.63, 3.8) is 0 Å². The van der Waals surface area contributed by atoms with Crippen LogP contribution >= 0.6 is 11.3 Å². The summed E-state index contributed by atoms with van der Waals surface area (Å²) in [7, 11) is 0. The number of hydrogen-bond donors (Lipinski definition) is 0. The number of aryl methyl sites for hydroxylation is 3. The number of amides is 1. The van der Waals surface area contributed by atoms with Crippen molar-refractivity contribution in [1.82, 2.24) is 9.88 Å². The smallest absolute Gasteiger partial charge is 0.266 e. The van der Waals surface area contributed by atoms with Gasteiger partial charge in [0.05, 0.1) is 23.4 Å². The van der Waals surface area contributed by atoms with Gasteiger partial charge in [-0.1, -0.05) is 41.2 Å². The fourth-order valence-electron chi connectivity index (χ4n) is 3.83. The molecule has 1 aliphatic rings. The summed E-state index contributed by atoms with van der Waals surface area (Å²) in [4.78, 5) is 22.3. The molecule has 0 N–H and O–H groups in total. The lowest BCUT2D eigenvalue weighted by molar-refractivity contribution is -0.120. The average molecular weight is 454 g/mol. The van der Waals surface area contributed by atoms with Gasteiger partial charge in [-0.3, -0.25) is 14.6 Å². The number of aromatic nitrogens is 1. The first-order valence-electron chi connectivity index (χ1n) is 11.2. The van der Waals surface area contributed by atoms with Crippen LogP contribution in [0.3, 0.4) is 0 Å². The summed E-state index contributed by atoms with van der Waals surface area (Å²) in [5.74, 6) is 0.634. The molecule has 0 aliphatic carbocycles. The second-order valence-corrected chi connectivity index (χ2v) is 9.31. The van der Waals surface area contributed by atoms with E-state index in [0.717, 1.165) is 65.7 Å². The molecule has 0 saturated carbocycles. The van der Waals surface area contributed by atoms with Crippen molar-refractivity contribution in [2.45, 2.75) is 27.2 Å². The molecule has 2 aromatic carbocycles. The third-order valence-corrected chi connectivity index (χ3v) is 7.02. The van der Waals surface area contributed by atoms with Crippen LogP contribution in [-0.4, -0.2) is 61.8 Å². The van der Waals surface area contributed by atoms with E-state index in [1.807, 2.05) is 31.2 Å². The van der Waals surface area contributed by atoms with Crippen LogP contribution in [0.2, 0.25) is 0 Å². The highest BCUT2D eigenvalue weighted by Crippen LogP contribution is 2.33. The van der Waals surface area contributed by atoms with Crippen molar-refractivity contribution in [2.75, 3.05) is 50.9 Å². The molecule has 1 saturated heterocycles. The first-order chi connectivity index (χ1) is 15.5. The van der Waals surface area contributed by atoms with Gasteiger partial charge in [-0.25, -0.2) is 4.98 Å². The maximum atomic E-state index is 13.2. The Balaban J connectivity index is 1.50. The molecule has 32 heavy (non-hydrogen) atoms. The van der Waals surface area contributed by atoms with Gasteiger partial charge in [-0.05, 0) is 50.5 Å². The van der Waals surface area contributed by atoms with Gasteiger partial charge in [0.2, 0.25) is 0 Å². The van der Waals surface area contributed by atoms with Crippen LogP contribution in [0.15, 0.2) is 36.4 Å². The molecule has 3 aromatic rings. The van der Waals surface area contributed by atoms with Gasteiger partial charge in [0.25, 0.3) is 5.91 Å². The Hall–Kier alpha value is -2.48. The number of anilines is 1. The fourth-order valence-corrected chi connectivity index (χ4v) is 4.98. The summed E-state index contributed by atoms with van der Waals surface area (Å²) in [5.41, 5.74) is 4.46. The van der Waals surface area contributed by atoms with Crippen LogP contribution in [0.4, 0.5) is 5.13 Å². The van der Waals surface area contributed by atoms with E-state index < -0.39 is 0 Å². The van der Waals surface area contributed by atoms with E-state index in [2.05, 4.69) is 30.9 Å². The highest BCUT2D eigenvalue weighted by molar-refractivity contribution is 7.22. The molecular formula is C25H31N3O3S. The molecule has 2 heterocycles. The second-order valence-electron chi connectivity index (χ2n) is 8.33. The number of carbonyl (C=O) groups is 1. The molecule has 0 radical (unpaired) electrons. The molecule has 1 amide bonds. The molecule has 1 aliphatic heterocycles. The van der Waals surface area contributed by atoms with E-state index in [9.17, 15) is 4.79 Å². The number of morpholine rings is 1. The predicted octanol–water partition coefficient (Wildman–Crippen LogP) is 4.36. The summed E-state index contributed by atoms with van der Waals surface area (Å²) in [6, 6.07) is 12.0. The van der Waals surface area contributed by atoms with Gasteiger partial charge in [0.1, 0.15) is 5.75 Å². The van der Waals surface area contributed by atoms with Crippen LogP contribution in [0, 0.1) is 20.8 Å². The number of rotatable bonds is 8. The Kier molecular flexibility index (Phi) is 7.40. The van der Waals surface area contributed by atoms with E-state index in [0.29, 0.717) is 12.3 Å². The number of fused-ring (bicyclic) bond motifs is 1. The van der Waals surface area contributed by atoms with Crippen LogP contribution in [0.1, 0.15) is 23.1 Å². The highest BCUT2D eigenvalue weighted by atomic mass is 32.1. The van der Waals surface area contributed by atoms with E-state index in [-0.39, 0.29) is 12.5 Å². The van der Waals surface area contributed by atoms with Crippen LogP contribution in [0.25, 0.3) is 10.2 Å². The monoisotopic (exact) mass is 453 g/mol. The van der Waals surface area contributed by atoms with E-state index in [1.54, 1.807) is 16.2 Å². The lowest BCUT2D eigenvalue weighted by Gasteiger charge is -2.27. The molecule has 7 heteroatoms. The summed E-state index contributed by atoms with van der Waals surface area (Å²) in [5, 5.41) is 0.747. The molecule has 170 valence electrons. The lowest BCUT2D eigenvalue weighted by Crippen LogP contribution is -2.40. The normalized spacial score (nSPS) is 14.6. The van der Waals surface area contributed by atoms with E-state index >= 15 is 0 Å². The standard InChI is InChI=1S/C25H31N3O3S/c1-18-5-9-21(10-6-18)31-17-22(29)28(12-4-11-27-13-15-30-16-14-27)25-26-23-19(2)7-8-20(3)24(23)32-25/h5-10H,4,11-17H2,1-3H3. The predicted molar refractivity (Wildman–Crippen MR) is 130 cm³/mol. The minimum absolute atomic E-state index is 0.00545.